The first-order valence-electron chi connectivity index (χ1n) is 8.22. The van der Waals surface area contributed by atoms with Crippen molar-refractivity contribution in [2.75, 3.05) is 13.7 Å². The molecule has 26 heavy (non-hydrogen) atoms. The van der Waals surface area contributed by atoms with Crippen LogP contribution in [0.1, 0.15) is 17.2 Å². The average Bonchev–Trinajstić information content (AvgIpc) is 3.16. The summed E-state index contributed by atoms with van der Waals surface area (Å²) in [5.74, 6) is 0.334. The Morgan fingerprint density at radius 1 is 1.31 bits per heavy atom. The lowest BCUT2D eigenvalue weighted by Crippen LogP contribution is -2.34. The van der Waals surface area contributed by atoms with Crippen LogP contribution in [0.2, 0.25) is 0 Å². The lowest BCUT2D eigenvalue weighted by molar-refractivity contribution is -0.384. The molecule has 0 aliphatic carbocycles. The fraction of sp³-hybridized carbons (Fsp3) is 0.278. The van der Waals surface area contributed by atoms with Crippen LogP contribution in [0, 0.1) is 16.0 Å². The van der Waals surface area contributed by atoms with Gasteiger partial charge in [0.15, 0.2) is 0 Å². The van der Waals surface area contributed by atoms with Crippen molar-refractivity contribution in [1.29, 1.82) is 0 Å². The van der Waals surface area contributed by atoms with E-state index in [1.54, 1.807) is 19.2 Å². The SMILES string of the molecule is COc1cccc(CNC(=O)C2CNNC2c2ccc([N+](=O)[O-])cc2)c1. The second kappa shape index (κ2) is 7.94. The Morgan fingerprint density at radius 2 is 2.08 bits per heavy atom. The number of benzene rings is 2. The van der Waals surface area contributed by atoms with Crippen LogP contribution < -0.4 is 20.9 Å². The zero-order valence-electron chi connectivity index (χ0n) is 14.3. The van der Waals surface area contributed by atoms with Crippen LogP contribution in [0.5, 0.6) is 5.75 Å². The molecule has 3 rings (SSSR count). The van der Waals surface area contributed by atoms with Crippen LogP contribution in [-0.4, -0.2) is 24.5 Å². The number of carbonyl (C=O) groups is 1. The van der Waals surface area contributed by atoms with Crippen molar-refractivity contribution in [3.8, 4) is 5.75 Å². The summed E-state index contributed by atoms with van der Waals surface area (Å²) in [6, 6.07) is 13.5. The Labute approximate surface area is 150 Å². The molecule has 136 valence electrons. The zero-order valence-corrected chi connectivity index (χ0v) is 14.3. The molecule has 1 heterocycles. The normalized spacial score (nSPS) is 19.1. The van der Waals surface area contributed by atoms with Crippen LogP contribution in [0.15, 0.2) is 48.5 Å². The summed E-state index contributed by atoms with van der Waals surface area (Å²) in [6.45, 7) is 0.880. The van der Waals surface area contributed by atoms with Gasteiger partial charge in [-0.25, -0.2) is 5.43 Å². The minimum atomic E-state index is -0.442. The molecule has 1 fully saturated rings. The number of nitro groups is 1. The number of rotatable bonds is 6. The fourth-order valence-electron chi connectivity index (χ4n) is 2.96. The number of hydrazine groups is 1. The number of carbonyl (C=O) groups excluding carboxylic acids is 1. The average molecular weight is 356 g/mol. The maximum absolute atomic E-state index is 12.6. The first-order chi connectivity index (χ1) is 12.6. The molecule has 2 aromatic carbocycles. The summed E-state index contributed by atoms with van der Waals surface area (Å²) in [6.07, 6.45) is 0. The van der Waals surface area contributed by atoms with E-state index in [0.717, 1.165) is 16.9 Å². The molecule has 1 amide bonds. The number of nitrogens with zero attached hydrogens (tertiary/aromatic N) is 1. The summed E-state index contributed by atoms with van der Waals surface area (Å²) in [5, 5.41) is 13.7. The molecular weight excluding hydrogens is 336 g/mol. The van der Waals surface area contributed by atoms with Gasteiger partial charge in [0.05, 0.1) is 24.0 Å². The van der Waals surface area contributed by atoms with Crippen LogP contribution in [0.3, 0.4) is 0 Å². The van der Waals surface area contributed by atoms with E-state index in [-0.39, 0.29) is 23.6 Å². The third kappa shape index (κ3) is 3.98. The van der Waals surface area contributed by atoms with Crippen LogP contribution in [0.25, 0.3) is 0 Å². The lowest BCUT2D eigenvalue weighted by Gasteiger charge is -2.18. The van der Waals surface area contributed by atoms with Gasteiger partial charge in [-0.3, -0.25) is 20.3 Å². The predicted molar refractivity (Wildman–Crippen MR) is 95.3 cm³/mol. The number of nitrogens with one attached hydrogen (secondary N) is 3. The smallest absolute Gasteiger partial charge is 0.269 e. The number of non-ortho nitro benzene ring substituents is 1. The zero-order chi connectivity index (χ0) is 18.5. The standard InChI is InChI=1S/C18H20N4O4/c1-26-15-4-2-3-12(9-15)10-19-18(23)16-11-20-21-17(16)13-5-7-14(8-6-13)22(24)25/h2-9,16-17,20-21H,10-11H2,1H3,(H,19,23). The van der Waals surface area contributed by atoms with E-state index in [1.807, 2.05) is 24.3 Å². The highest BCUT2D eigenvalue weighted by molar-refractivity contribution is 5.80. The van der Waals surface area contributed by atoms with Gasteiger partial charge < -0.3 is 10.1 Å². The number of methoxy groups -OCH3 is 1. The number of hydrogen-bond acceptors (Lipinski definition) is 6. The minimum absolute atomic E-state index is 0.0266. The van der Waals surface area contributed by atoms with Crippen molar-refractivity contribution in [2.24, 2.45) is 5.92 Å². The van der Waals surface area contributed by atoms with Gasteiger partial charge in [-0.15, -0.1) is 0 Å². The summed E-state index contributed by atoms with van der Waals surface area (Å²) < 4.78 is 5.18. The highest BCUT2D eigenvalue weighted by Gasteiger charge is 2.34. The molecule has 8 heteroatoms. The molecule has 0 radical (unpaired) electrons. The molecule has 0 aromatic heterocycles. The van der Waals surface area contributed by atoms with E-state index >= 15 is 0 Å². The van der Waals surface area contributed by atoms with Crippen molar-refractivity contribution >= 4 is 11.6 Å². The Balaban J connectivity index is 1.65. The van der Waals surface area contributed by atoms with Gasteiger partial charge in [0.2, 0.25) is 5.91 Å². The Bertz CT molecular complexity index is 794. The molecule has 2 unspecified atom stereocenters. The largest absolute Gasteiger partial charge is 0.497 e. The fourth-order valence-corrected chi connectivity index (χ4v) is 2.96. The van der Waals surface area contributed by atoms with E-state index in [9.17, 15) is 14.9 Å². The van der Waals surface area contributed by atoms with Gasteiger partial charge in [-0.05, 0) is 23.3 Å². The van der Waals surface area contributed by atoms with Crippen LogP contribution in [-0.2, 0) is 11.3 Å². The first kappa shape index (κ1) is 17.8. The molecule has 1 saturated heterocycles. The molecule has 2 aromatic rings. The quantitative estimate of drug-likeness (QED) is 0.537. The maximum atomic E-state index is 12.6. The molecule has 0 spiro atoms. The molecule has 2 atom stereocenters. The van der Waals surface area contributed by atoms with Crippen molar-refractivity contribution in [2.45, 2.75) is 12.6 Å². The summed E-state index contributed by atoms with van der Waals surface area (Å²) in [5.41, 5.74) is 7.85. The van der Waals surface area contributed by atoms with Crippen LogP contribution >= 0.6 is 0 Å². The molecule has 8 nitrogen and oxygen atoms in total. The maximum Gasteiger partial charge on any atom is 0.269 e. The van der Waals surface area contributed by atoms with E-state index in [0.29, 0.717) is 13.1 Å². The molecule has 1 aliphatic rings. The molecule has 1 aliphatic heterocycles. The van der Waals surface area contributed by atoms with Gasteiger partial charge in [0.1, 0.15) is 5.75 Å². The van der Waals surface area contributed by atoms with E-state index in [2.05, 4.69) is 16.2 Å². The summed E-state index contributed by atoms with van der Waals surface area (Å²) in [4.78, 5) is 22.9. The highest BCUT2D eigenvalue weighted by atomic mass is 16.6. The first-order valence-corrected chi connectivity index (χ1v) is 8.22. The number of ether oxygens (including phenoxy) is 1. The van der Waals surface area contributed by atoms with E-state index in [4.69, 9.17) is 4.74 Å². The third-order valence-corrected chi connectivity index (χ3v) is 4.38. The van der Waals surface area contributed by atoms with E-state index in [1.165, 1.54) is 12.1 Å². The van der Waals surface area contributed by atoms with Gasteiger partial charge in [-0.1, -0.05) is 24.3 Å². The predicted octanol–water partition coefficient (Wildman–Crippen LogP) is 1.68. The van der Waals surface area contributed by atoms with Crippen molar-refractivity contribution < 1.29 is 14.5 Å². The second-order valence-electron chi connectivity index (χ2n) is 6.03. The minimum Gasteiger partial charge on any atom is -0.497 e. The Hall–Kier alpha value is -2.97. The van der Waals surface area contributed by atoms with Crippen LogP contribution in [0.4, 0.5) is 5.69 Å². The number of nitro benzene ring substituents is 1. The Kier molecular flexibility index (Phi) is 5.45. The molecule has 3 N–H and O–H groups in total. The van der Waals surface area contributed by atoms with Gasteiger partial charge in [0.25, 0.3) is 5.69 Å². The molecule has 0 saturated carbocycles. The van der Waals surface area contributed by atoms with Crippen molar-refractivity contribution in [3.63, 3.8) is 0 Å². The Morgan fingerprint density at radius 3 is 2.77 bits per heavy atom. The molecular formula is C18H20N4O4. The van der Waals surface area contributed by atoms with E-state index < -0.39 is 4.92 Å². The van der Waals surface area contributed by atoms with Crippen molar-refractivity contribution in [1.82, 2.24) is 16.2 Å². The lowest BCUT2D eigenvalue weighted by atomic mass is 9.94. The molecule has 0 bridgehead atoms. The van der Waals surface area contributed by atoms with Gasteiger partial charge in [-0.2, -0.15) is 0 Å². The highest BCUT2D eigenvalue weighted by Crippen LogP contribution is 2.26. The summed E-state index contributed by atoms with van der Waals surface area (Å²) in [7, 11) is 1.60. The number of hydrogen-bond donors (Lipinski definition) is 3. The van der Waals surface area contributed by atoms with Gasteiger partial charge >= 0.3 is 0 Å². The van der Waals surface area contributed by atoms with Crippen molar-refractivity contribution in [3.05, 3.63) is 69.8 Å². The number of amides is 1. The van der Waals surface area contributed by atoms with Gasteiger partial charge in [0, 0.05) is 25.2 Å². The third-order valence-electron chi connectivity index (χ3n) is 4.38. The second-order valence-corrected chi connectivity index (χ2v) is 6.03. The monoisotopic (exact) mass is 356 g/mol. The summed E-state index contributed by atoms with van der Waals surface area (Å²) >= 11 is 0. The topological polar surface area (TPSA) is 106 Å².